The summed E-state index contributed by atoms with van der Waals surface area (Å²) in [6, 6.07) is 0. The Morgan fingerprint density at radius 1 is 1.71 bits per heavy atom. The summed E-state index contributed by atoms with van der Waals surface area (Å²) >= 11 is 0. The van der Waals surface area contributed by atoms with Crippen LogP contribution in [0.4, 0.5) is 0 Å². The minimum absolute atomic E-state index is 0.600. The van der Waals surface area contributed by atoms with E-state index in [1.165, 1.54) is 0 Å². The van der Waals surface area contributed by atoms with Crippen LogP contribution < -0.4 is 0 Å². The first kappa shape index (κ1) is 6.08. The van der Waals surface area contributed by atoms with Gasteiger partial charge in [0, 0.05) is 13.3 Å². The molecule has 0 saturated carbocycles. The van der Waals surface area contributed by atoms with Gasteiger partial charge in [-0.3, -0.25) is 9.98 Å². The van der Waals surface area contributed by atoms with Gasteiger partial charge in [0.25, 0.3) is 0 Å². The van der Waals surface area contributed by atoms with Gasteiger partial charge >= 0.3 is 0 Å². The summed E-state index contributed by atoms with van der Waals surface area (Å²) in [6.45, 7) is 6.72. The molecular weight excluding hydrogens is 88.1 g/mol. The van der Waals surface area contributed by atoms with E-state index in [9.17, 15) is 0 Å². The maximum absolute atomic E-state index is 3.65. The highest BCUT2D eigenvalue weighted by molar-refractivity contribution is 5.77. The molecule has 7 heavy (non-hydrogen) atoms. The third-order valence-electron chi connectivity index (χ3n) is 0.481. The molecule has 0 aromatic carbocycles. The Kier molecular flexibility index (Phi) is 2.85. The third kappa shape index (κ3) is 2.89. The standard InChI is InChI=1S/C5H8N2/c1-5(7-3)4-6-2/h4H,1,3H2,2H3/b6-4-. The lowest BCUT2D eigenvalue weighted by molar-refractivity contribution is 1.43. The lowest BCUT2D eigenvalue weighted by atomic mass is 10.6. The Labute approximate surface area is 43.3 Å². The van der Waals surface area contributed by atoms with Crippen LogP contribution in [0.25, 0.3) is 0 Å². The predicted molar refractivity (Wildman–Crippen MR) is 33.1 cm³/mol. The Balaban J connectivity index is 3.58. The number of rotatable bonds is 2. The Bertz CT molecular complexity index is 103. The summed E-state index contributed by atoms with van der Waals surface area (Å²) in [5, 5.41) is 0. The summed E-state index contributed by atoms with van der Waals surface area (Å²) in [5.74, 6) is 0. The van der Waals surface area contributed by atoms with Crippen molar-refractivity contribution in [3.63, 3.8) is 0 Å². The lowest BCUT2D eigenvalue weighted by Crippen LogP contribution is -1.72. The number of aliphatic imine (C=N–C) groups is 2. The van der Waals surface area contributed by atoms with E-state index in [-0.39, 0.29) is 0 Å². The smallest absolute Gasteiger partial charge is 0.0728 e. The molecule has 0 saturated heterocycles. The molecule has 2 heteroatoms. The van der Waals surface area contributed by atoms with Gasteiger partial charge in [-0.25, -0.2) is 0 Å². The van der Waals surface area contributed by atoms with Crippen LogP contribution in [0.3, 0.4) is 0 Å². The molecule has 38 valence electrons. The Morgan fingerprint density at radius 2 is 2.29 bits per heavy atom. The molecule has 0 fully saturated rings. The molecule has 0 aliphatic carbocycles. The third-order valence-corrected chi connectivity index (χ3v) is 0.481. The largest absolute Gasteiger partial charge is 0.294 e. The molecule has 2 nitrogen and oxygen atoms in total. The zero-order valence-electron chi connectivity index (χ0n) is 4.39. The highest BCUT2D eigenvalue weighted by Gasteiger charge is 1.71. The van der Waals surface area contributed by atoms with Crippen LogP contribution in [0.1, 0.15) is 0 Å². The molecule has 0 atom stereocenters. The first-order valence-corrected chi connectivity index (χ1v) is 1.89. The highest BCUT2D eigenvalue weighted by atomic mass is 14.7. The predicted octanol–water partition coefficient (Wildman–Crippen LogP) is 0.901. The van der Waals surface area contributed by atoms with Crippen molar-refractivity contribution in [2.24, 2.45) is 9.98 Å². The molecule has 0 radical (unpaired) electrons. The van der Waals surface area contributed by atoms with E-state index in [0.29, 0.717) is 5.70 Å². The van der Waals surface area contributed by atoms with Gasteiger partial charge in [-0.15, -0.1) is 0 Å². The molecule has 0 bridgehead atoms. The number of allylic oxidation sites excluding steroid dienone is 1. The van der Waals surface area contributed by atoms with E-state index in [4.69, 9.17) is 0 Å². The van der Waals surface area contributed by atoms with Crippen LogP contribution in [0, 0.1) is 0 Å². The van der Waals surface area contributed by atoms with Crippen LogP contribution >= 0.6 is 0 Å². The molecular formula is C5H8N2. The zero-order valence-corrected chi connectivity index (χ0v) is 4.39. The topological polar surface area (TPSA) is 24.7 Å². The van der Waals surface area contributed by atoms with Gasteiger partial charge in [0.1, 0.15) is 0 Å². The molecule has 0 N–H and O–H groups in total. The van der Waals surface area contributed by atoms with Crippen molar-refractivity contribution in [1.82, 2.24) is 0 Å². The molecule has 0 aromatic rings. The van der Waals surface area contributed by atoms with Crippen molar-refractivity contribution in [2.75, 3.05) is 7.05 Å². The maximum atomic E-state index is 3.65. The fraction of sp³-hybridized carbons (Fsp3) is 0.200. The Hall–Kier alpha value is -0.920. The molecule has 0 aliphatic heterocycles. The second kappa shape index (κ2) is 3.28. The first-order valence-electron chi connectivity index (χ1n) is 1.89. The summed E-state index contributed by atoms with van der Waals surface area (Å²) < 4.78 is 0. The van der Waals surface area contributed by atoms with Crippen LogP contribution in [0.15, 0.2) is 22.3 Å². The number of hydrogen-bond acceptors (Lipinski definition) is 2. The average molecular weight is 96.1 g/mol. The van der Waals surface area contributed by atoms with Gasteiger partial charge in [0.15, 0.2) is 0 Å². The molecule has 0 unspecified atom stereocenters. The van der Waals surface area contributed by atoms with E-state index >= 15 is 0 Å². The minimum atomic E-state index is 0.600. The summed E-state index contributed by atoms with van der Waals surface area (Å²) in [6.07, 6.45) is 1.55. The highest BCUT2D eigenvalue weighted by Crippen LogP contribution is 1.80. The monoisotopic (exact) mass is 96.1 g/mol. The SMILES string of the molecule is C=NC(=C)/C=N\C. The van der Waals surface area contributed by atoms with Crippen LogP contribution in [0.2, 0.25) is 0 Å². The first-order chi connectivity index (χ1) is 3.31. The maximum Gasteiger partial charge on any atom is 0.0728 e. The molecule has 0 aromatic heterocycles. The van der Waals surface area contributed by atoms with Crippen molar-refractivity contribution < 1.29 is 0 Å². The Morgan fingerprint density at radius 3 is 2.43 bits per heavy atom. The summed E-state index contributed by atoms with van der Waals surface area (Å²) in [7, 11) is 1.66. The lowest BCUT2D eigenvalue weighted by Gasteiger charge is -1.79. The second-order valence-corrected chi connectivity index (χ2v) is 1.04. The molecule has 0 amide bonds. The van der Waals surface area contributed by atoms with Gasteiger partial charge in [-0.2, -0.15) is 0 Å². The van der Waals surface area contributed by atoms with Crippen molar-refractivity contribution in [3.05, 3.63) is 12.3 Å². The quantitative estimate of drug-likeness (QED) is 0.456. The van der Waals surface area contributed by atoms with Crippen molar-refractivity contribution in [1.29, 1.82) is 0 Å². The van der Waals surface area contributed by atoms with E-state index in [1.807, 2.05) is 0 Å². The van der Waals surface area contributed by atoms with E-state index in [1.54, 1.807) is 13.3 Å². The van der Waals surface area contributed by atoms with E-state index in [0.717, 1.165) is 0 Å². The molecule has 0 heterocycles. The second-order valence-electron chi connectivity index (χ2n) is 1.04. The van der Waals surface area contributed by atoms with Gasteiger partial charge in [0.05, 0.1) is 5.70 Å². The fourth-order valence-electron chi connectivity index (χ4n) is 0.190. The van der Waals surface area contributed by atoms with Crippen molar-refractivity contribution in [3.8, 4) is 0 Å². The van der Waals surface area contributed by atoms with Crippen LogP contribution in [0.5, 0.6) is 0 Å². The summed E-state index contributed by atoms with van der Waals surface area (Å²) in [4.78, 5) is 7.13. The van der Waals surface area contributed by atoms with Gasteiger partial charge in [-0.1, -0.05) is 6.58 Å². The number of nitrogens with zero attached hydrogens (tertiary/aromatic N) is 2. The zero-order chi connectivity index (χ0) is 5.70. The van der Waals surface area contributed by atoms with Crippen LogP contribution in [-0.4, -0.2) is 20.0 Å². The van der Waals surface area contributed by atoms with Gasteiger partial charge in [0.2, 0.25) is 0 Å². The van der Waals surface area contributed by atoms with Gasteiger partial charge in [-0.05, 0) is 6.72 Å². The van der Waals surface area contributed by atoms with Crippen LogP contribution in [-0.2, 0) is 0 Å². The molecule has 0 rings (SSSR count). The van der Waals surface area contributed by atoms with E-state index < -0.39 is 0 Å². The molecule has 0 spiro atoms. The van der Waals surface area contributed by atoms with Crippen molar-refractivity contribution >= 4 is 12.9 Å². The normalized spacial score (nSPS) is 9.29. The average Bonchev–Trinajstić information content (AvgIpc) is 1.68. The molecule has 0 aliphatic rings. The minimum Gasteiger partial charge on any atom is -0.294 e. The van der Waals surface area contributed by atoms with Gasteiger partial charge < -0.3 is 0 Å². The fourth-order valence-corrected chi connectivity index (χ4v) is 0.190. The number of hydrogen-bond donors (Lipinski definition) is 0. The van der Waals surface area contributed by atoms with E-state index in [2.05, 4.69) is 23.3 Å². The van der Waals surface area contributed by atoms with Crippen molar-refractivity contribution in [2.45, 2.75) is 0 Å². The summed E-state index contributed by atoms with van der Waals surface area (Å²) in [5.41, 5.74) is 0.600.